The van der Waals surface area contributed by atoms with E-state index in [0.29, 0.717) is 6.42 Å². The summed E-state index contributed by atoms with van der Waals surface area (Å²) in [6.45, 7) is 2.04. The summed E-state index contributed by atoms with van der Waals surface area (Å²) < 4.78 is 0. The minimum absolute atomic E-state index is 0.543. The lowest BCUT2D eigenvalue weighted by Crippen LogP contribution is -2.41. The van der Waals surface area contributed by atoms with Gasteiger partial charge in [0.2, 0.25) is 0 Å². The first-order chi connectivity index (χ1) is 8.24. The third-order valence-electron chi connectivity index (χ3n) is 3.85. The van der Waals surface area contributed by atoms with Gasteiger partial charge in [-0.05, 0) is 36.8 Å². The van der Waals surface area contributed by atoms with E-state index < -0.39 is 11.5 Å². The fourth-order valence-corrected chi connectivity index (χ4v) is 2.92. The molecule has 1 aromatic rings. The lowest BCUT2D eigenvalue weighted by atomic mass is 9.67. The standard InChI is InChI=1S/C15H19NO/c1-2-6-14(17)15(11-16)10-5-8-12-7-3-4-9-13(12)15/h3-4,7,9,14,17H,2,5-6,8,10H2,1H3. The molecule has 1 aliphatic rings. The van der Waals surface area contributed by atoms with Gasteiger partial charge in [0, 0.05) is 0 Å². The van der Waals surface area contributed by atoms with Gasteiger partial charge < -0.3 is 5.11 Å². The summed E-state index contributed by atoms with van der Waals surface area (Å²) in [5.74, 6) is 0. The van der Waals surface area contributed by atoms with Gasteiger partial charge >= 0.3 is 0 Å². The summed E-state index contributed by atoms with van der Waals surface area (Å²) in [6.07, 6.45) is 3.86. The Morgan fingerprint density at radius 2 is 2.24 bits per heavy atom. The molecule has 2 nitrogen and oxygen atoms in total. The van der Waals surface area contributed by atoms with E-state index in [9.17, 15) is 10.4 Å². The molecule has 1 N–H and O–H groups in total. The number of benzene rings is 1. The first-order valence-electron chi connectivity index (χ1n) is 6.42. The second-order valence-electron chi connectivity index (χ2n) is 4.90. The maximum Gasteiger partial charge on any atom is 0.108 e. The second kappa shape index (κ2) is 4.89. The molecule has 1 aromatic carbocycles. The monoisotopic (exact) mass is 229 g/mol. The molecule has 0 amide bonds. The fraction of sp³-hybridized carbons (Fsp3) is 0.533. The Bertz CT molecular complexity index is 435. The van der Waals surface area contributed by atoms with Crippen LogP contribution < -0.4 is 0 Å². The Balaban J connectivity index is 2.46. The average Bonchev–Trinajstić information content (AvgIpc) is 2.38. The van der Waals surface area contributed by atoms with Crippen molar-refractivity contribution in [3.8, 4) is 6.07 Å². The van der Waals surface area contributed by atoms with Gasteiger partial charge in [-0.2, -0.15) is 5.26 Å². The van der Waals surface area contributed by atoms with Crippen molar-refractivity contribution in [2.45, 2.75) is 50.5 Å². The first kappa shape index (κ1) is 12.1. The number of aliphatic hydroxyl groups is 1. The van der Waals surface area contributed by atoms with E-state index in [1.54, 1.807) is 0 Å². The first-order valence-corrected chi connectivity index (χ1v) is 6.42. The third-order valence-corrected chi connectivity index (χ3v) is 3.85. The highest BCUT2D eigenvalue weighted by atomic mass is 16.3. The van der Waals surface area contributed by atoms with Crippen LogP contribution >= 0.6 is 0 Å². The van der Waals surface area contributed by atoms with Gasteiger partial charge in [0.15, 0.2) is 0 Å². The summed E-state index contributed by atoms with van der Waals surface area (Å²) in [5.41, 5.74) is 1.61. The van der Waals surface area contributed by atoms with Crippen molar-refractivity contribution in [2.75, 3.05) is 0 Å². The third kappa shape index (κ3) is 1.96. The lowest BCUT2D eigenvalue weighted by molar-refractivity contribution is 0.0902. The number of rotatable bonds is 3. The molecule has 0 spiro atoms. The Hall–Kier alpha value is -1.33. The molecule has 2 atom stereocenters. The predicted molar refractivity (Wildman–Crippen MR) is 67.6 cm³/mol. The lowest BCUT2D eigenvalue weighted by Gasteiger charge is -2.37. The van der Waals surface area contributed by atoms with Gasteiger partial charge in [0.1, 0.15) is 5.41 Å². The molecule has 17 heavy (non-hydrogen) atoms. The number of nitriles is 1. The molecule has 1 aliphatic carbocycles. The molecule has 0 radical (unpaired) electrons. The zero-order valence-electron chi connectivity index (χ0n) is 10.3. The van der Waals surface area contributed by atoms with Crippen molar-refractivity contribution in [3.05, 3.63) is 35.4 Å². The number of hydrogen-bond donors (Lipinski definition) is 1. The van der Waals surface area contributed by atoms with E-state index in [2.05, 4.69) is 12.1 Å². The number of hydrogen-bond acceptors (Lipinski definition) is 2. The Morgan fingerprint density at radius 1 is 1.47 bits per heavy atom. The van der Waals surface area contributed by atoms with Crippen molar-refractivity contribution in [2.24, 2.45) is 0 Å². The topological polar surface area (TPSA) is 44.0 Å². The number of aliphatic hydroxyl groups excluding tert-OH is 1. The summed E-state index contributed by atoms with van der Waals surface area (Å²) in [4.78, 5) is 0. The smallest absolute Gasteiger partial charge is 0.108 e. The highest BCUT2D eigenvalue weighted by Crippen LogP contribution is 2.40. The normalized spacial score (nSPS) is 24.8. The van der Waals surface area contributed by atoms with E-state index in [-0.39, 0.29) is 0 Å². The van der Waals surface area contributed by atoms with Gasteiger partial charge in [-0.25, -0.2) is 0 Å². The van der Waals surface area contributed by atoms with Crippen LogP contribution in [-0.2, 0) is 11.8 Å². The van der Waals surface area contributed by atoms with Gasteiger partial charge in [0.25, 0.3) is 0 Å². The fourth-order valence-electron chi connectivity index (χ4n) is 2.92. The molecule has 0 aliphatic heterocycles. The van der Waals surface area contributed by atoms with Crippen LogP contribution in [0, 0.1) is 11.3 Å². The largest absolute Gasteiger partial charge is 0.391 e. The summed E-state index contributed by atoms with van der Waals surface area (Å²) in [5, 5.41) is 19.9. The maximum atomic E-state index is 10.3. The summed E-state index contributed by atoms with van der Waals surface area (Å²) >= 11 is 0. The SMILES string of the molecule is CCCC(O)C1(C#N)CCCc2ccccc21. The molecule has 0 heterocycles. The highest BCUT2D eigenvalue weighted by Gasteiger charge is 2.42. The minimum atomic E-state index is -0.676. The second-order valence-corrected chi connectivity index (χ2v) is 4.90. The number of aryl methyl sites for hydroxylation is 1. The summed E-state index contributed by atoms with van der Waals surface area (Å²) in [6, 6.07) is 10.5. The van der Waals surface area contributed by atoms with Crippen LogP contribution in [0.2, 0.25) is 0 Å². The number of fused-ring (bicyclic) bond motifs is 1. The van der Waals surface area contributed by atoms with Crippen LogP contribution in [0.25, 0.3) is 0 Å². The van der Waals surface area contributed by atoms with E-state index in [1.165, 1.54) is 5.56 Å². The molecule has 0 saturated carbocycles. The Morgan fingerprint density at radius 3 is 2.94 bits per heavy atom. The Kier molecular flexibility index (Phi) is 3.49. The van der Waals surface area contributed by atoms with Crippen LogP contribution in [0.1, 0.15) is 43.7 Å². The molecule has 2 heteroatoms. The average molecular weight is 229 g/mol. The van der Waals surface area contributed by atoms with Crippen LogP contribution in [0.3, 0.4) is 0 Å². The molecule has 90 valence electrons. The van der Waals surface area contributed by atoms with Crippen LogP contribution in [-0.4, -0.2) is 11.2 Å². The van der Waals surface area contributed by atoms with E-state index >= 15 is 0 Å². The molecule has 0 bridgehead atoms. The zero-order chi connectivity index (χ0) is 12.3. The minimum Gasteiger partial charge on any atom is -0.391 e. The van der Waals surface area contributed by atoms with Gasteiger partial charge in [0.05, 0.1) is 12.2 Å². The molecule has 2 unspecified atom stereocenters. The van der Waals surface area contributed by atoms with Crippen molar-refractivity contribution in [3.63, 3.8) is 0 Å². The van der Waals surface area contributed by atoms with Gasteiger partial charge in [-0.15, -0.1) is 0 Å². The van der Waals surface area contributed by atoms with E-state index in [0.717, 1.165) is 31.2 Å². The molecule has 0 saturated heterocycles. The maximum absolute atomic E-state index is 10.3. The van der Waals surface area contributed by atoms with Crippen molar-refractivity contribution < 1.29 is 5.11 Å². The summed E-state index contributed by atoms with van der Waals surface area (Å²) in [7, 11) is 0. The quantitative estimate of drug-likeness (QED) is 0.866. The van der Waals surface area contributed by atoms with Crippen LogP contribution in [0.4, 0.5) is 0 Å². The molecular formula is C15H19NO. The van der Waals surface area contributed by atoms with Crippen molar-refractivity contribution in [1.29, 1.82) is 5.26 Å². The van der Waals surface area contributed by atoms with Gasteiger partial charge in [-0.3, -0.25) is 0 Å². The van der Waals surface area contributed by atoms with Crippen LogP contribution in [0.15, 0.2) is 24.3 Å². The van der Waals surface area contributed by atoms with E-state index in [4.69, 9.17) is 0 Å². The predicted octanol–water partition coefficient (Wildman–Crippen LogP) is 2.95. The van der Waals surface area contributed by atoms with Crippen molar-refractivity contribution >= 4 is 0 Å². The number of nitrogens with zero attached hydrogens (tertiary/aromatic N) is 1. The molecular weight excluding hydrogens is 210 g/mol. The molecule has 0 aromatic heterocycles. The molecule has 2 rings (SSSR count). The Labute approximate surface area is 103 Å². The van der Waals surface area contributed by atoms with E-state index in [1.807, 2.05) is 25.1 Å². The highest BCUT2D eigenvalue weighted by molar-refractivity contribution is 5.42. The molecule has 0 fully saturated rings. The van der Waals surface area contributed by atoms with Crippen LogP contribution in [0.5, 0.6) is 0 Å². The van der Waals surface area contributed by atoms with Crippen molar-refractivity contribution in [1.82, 2.24) is 0 Å². The van der Waals surface area contributed by atoms with Gasteiger partial charge in [-0.1, -0.05) is 37.6 Å². The zero-order valence-corrected chi connectivity index (χ0v) is 10.3.